The van der Waals surface area contributed by atoms with Crippen LogP contribution in [0.2, 0.25) is 0 Å². The van der Waals surface area contributed by atoms with Gasteiger partial charge < -0.3 is 15.4 Å². The van der Waals surface area contributed by atoms with Gasteiger partial charge in [0.1, 0.15) is 18.2 Å². The molecule has 7 heteroatoms. The van der Waals surface area contributed by atoms with Crippen LogP contribution >= 0.6 is 0 Å². The van der Waals surface area contributed by atoms with E-state index in [-0.39, 0.29) is 12.0 Å². The van der Waals surface area contributed by atoms with Crippen molar-refractivity contribution < 1.29 is 4.74 Å². The normalized spacial score (nSPS) is 21.9. The van der Waals surface area contributed by atoms with Gasteiger partial charge in [0, 0.05) is 43.3 Å². The molecular weight excluding hydrogens is 448 g/mol. The highest BCUT2D eigenvalue weighted by atomic mass is 16.5. The molecule has 2 atom stereocenters. The standard InChI is InChI=1S/C29H38N6O/c1-4-27-24(8-6-16-31-27)19-34-29-28(32-17-18-33-29)23-10-13-26(14-11-23)36-20-25-12-9-21(2)7-5-15-30-22(3)35-25/h6,8-10,13-14,16-18,23,25H,4-5,7,11-12,15,19-20H2,1-3H3,(H,30,35)(H,33,34)/b21-9+. The maximum Gasteiger partial charge on any atom is 0.148 e. The van der Waals surface area contributed by atoms with Gasteiger partial charge in [0.15, 0.2) is 0 Å². The van der Waals surface area contributed by atoms with E-state index in [0.29, 0.717) is 13.2 Å². The number of allylic oxidation sites excluding steroid dienone is 4. The molecule has 190 valence electrons. The minimum absolute atomic E-state index is 0.153. The van der Waals surface area contributed by atoms with E-state index < -0.39 is 0 Å². The molecule has 0 saturated heterocycles. The Morgan fingerprint density at radius 2 is 1.97 bits per heavy atom. The van der Waals surface area contributed by atoms with Gasteiger partial charge in [-0.3, -0.25) is 15.0 Å². The highest BCUT2D eigenvalue weighted by molar-refractivity contribution is 5.79. The van der Waals surface area contributed by atoms with Crippen molar-refractivity contribution in [2.75, 3.05) is 18.5 Å². The number of nitrogens with one attached hydrogen (secondary N) is 2. The summed E-state index contributed by atoms with van der Waals surface area (Å²) >= 11 is 0. The largest absolute Gasteiger partial charge is 0.492 e. The number of hydrogen-bond acceptors (Lipinski definition) is 7. The molecule has 2 N–H and O–H groups in total. The zero-order valence-electron chi connectivity index (χ0n) is 21.7. The van der Waals surface area contributed by atoms with Crippen molar-refractivity contribution in [1.82, 2.24) is 20.3 Å². The van der Waals surface area contributed by atoms with E-state index in [0.717, 1.165) is 67.4 Å². The first-order chi connectivity index (χ1) is 17.6. The zero-order chi connectivity index (χ0) is 25.2. The van der Waals surface area contributed by atoms with E-state index >= 15 is 0 Å². The van der Waals surface area contributed by atoms with Gasteiger partial charge >= 0.3 is 0 Å². The lowest BCUT2D eigenvalue weighted by atomic mass is 9.96. The van der Waals surface area contributed by atoms with Crippen LogP contribution in [0.3, 0.4) is 0 Å². The van der Waals surface area contributed by atoms with Crippen LogP contribution in [-0.4, -0.2) is 40.0 Å². The van der Waals surface area contributed by atoms with Gasteiger partial charge in [-0.1, -0.05) is 30.7 Å². The molecule has 2 unspecified atom stereocenters. The molecule has 3 heterocycles. The molecule has 0 spiro atoms. The van der Waals surface area contributed by atoms with Crippen molar-refractivity contribution in [2.45, 2.75) is 71.4 Å². The average Bonchev–Trinajstić information content (AvgIpc) is 2.92. The third-order valence-corrected chi connectivity index (χ3v) is 6.60. The van der Waals surface area contributed by atoms with E-state index in [9.17, 15) is 0 Å². The molecule has 2 aromatic rings. The Kier molecular flexibility index (Phi) is 9.25. The molecule has 0 bridgehead atoms. The Balaban J connectivity index is 1.35. The van der Waals surface area contributed by atoms with Crippen LogP contribution in [-0.2, 0) is 17.7 Å². The molecule has 0 saturated carbocycles. The minimum atomic E-state index is 0.153. The topological polar surface area (TPSA) is 84.3 Å². The van der Waals surface area contributed by atoms with Gasteiger partial charge in [0.25, 0.3) is 0 Å². The van der Waals surface area contributed by atoms with E-state index in [4.69, 9.17) is 4.74 Å². The fourth-order valence-corrected chi connectivity index (χ4v) is 4.55. The van der Waals surface area contributed by atoms with E-state index in [2.05, 4.69) is 74.8 Å². The van der Waals surface area contributed by atoms with Crippen LogP contribution in [0.1, 0.15) is 69.3 Å². The highest BCUT2D eigenvalue weighted by Crippen LogP contribution is 2.30. The molecule has 2 aliphatic rings. The predicted molar refractivity (Wildman–Crippen MR) is 146 cm³/mol. The van der Waals surface area contributed by atoms with Crippen molar-refractivity contribution in [3.05, 3.63) is 83.3 Å². The summed E-state index contributed by atoms with van der Waals surface area (Å²) in [6.45, 7) is 8.51. The second-order valence-electron chi connectivity index (χ2n) is 9.42. The number of amidine groups is 1. The number of pyridine rings is 1. The van der Waals surface area contributed by atoms with Crippen molar-refractivity contribution >= 4 is 11.7 Å². The lowest BCUT2D eigenvalue weighted by molar-refractivity contribution is 0.195. The van der Waals surface area contributed by atoms with Crippen LogP contribution in [0.25, 0.3) is 0 Å². The molecular formula is C29H38N6O. The van der Waals surface area contributed by atoms with Crippen LogP contribution in [0.5, 0.6) is 0 Å². The summed E-state index contributed by atoms with van der Waals surface area (Å²) in [5, 5.41) is 7.01. The Morgan fingerprint density at radius 1 is 1.08 bits per heavy atom. The van der Waals surface area contributed by atoms with Gasteiger partial charge in [-0.05, 0) is 69.7 Å². The summed E-state index contributed by atoms with van der Waals surface area (Å²) in [5.41, 5.74) is 4.67. The number of ether oxygens (including phenoxy) is 1. The summed E-state index contributed by atoms with van der Waals surface area (Å²) in [4.78, 5) is 18.4. The molecule has 7 nitrogen and oxygen atoms in total. The van der Waals surface area contributed by atoms with Crippen LogP contribution in [0.15, 0.2) is 71.4 Å². The Morgan fingerprint density at radius 3 is 2.81 bits per heavy atom. The van der Waals surface area contributed by atoms with Gasteiger partial charge in [-0.15, -0.1) is 0 Å². The molecule has 0 radical (unpaired) electrons. The van der Waals surface area contributed by atoms with Crippen molar-refractivity contribution in [2.24, 2.45) is 4.99 Å². The van der Waals surface area contributed by atoms with Crippen molar-refractivity contribution in [1.29, 1.82) is 0 Å². The quantitative estimate of drug-likeness (QED) is 0.480. The van der Waals surface area contributed by atoms with Gasteiger partial charge in [0.2, 0.25) is 0 Å². The van der Waals surface area contributed by atoms with Gasteiger partial charge in [0.05, 0.1) is 17.6 Å². The molecule has 1 aliphatic heterocycles. The SMILES string of the molecule is CCc1ncccc1CNc1nccnc1C1C=CC(OCC2C/C=C(\C)CCCN=C(C)N2)=CC1. The molecule has 4 rings (SSSR count). The molecule has 0 fully saturated rings. The van der Waals surface area contributed by atoms with Crippen LogP contribution in [0.4, 0.5) is 5.82 Å². The van der Waals surface area contributed by atoms with Crippen LogP contribution < -0.4 is 10.6 Å². The lowest BCUT2D eigenvalue weighted by Crippen LogP contribution is -2.37. The third kappa shape index (κ3) is 7.26. The number of aromatic nitrogens is 3. The maximum absolute atomic E-state index is 6.19. The monoisotopic (exact) mass is 486 g/mol. The fraction of sp³-hybridized carbons (Fsp3) is 0.448. The molecule has 1 aliphatic carbocycles. The second kappa shape index (κ2) is 13.0. The number of rotatable bonds is 8. The summed E-state index contributed by atoms with van der Waals surface area (Å²) in [6, 6.07) is 4.29. The Hall–Kier alpha value is -3.48. The minimum Gasteiger partial charge on any atom is -0.492 e. The smallest absolute Gasteiger partial charge is 0.148 e. The maximum atomic E-state index is 6.19. The van der Waals surface area contributed by atoms with Gasteiger partial charge in [-0.25, -0.2) is 4.98 Å². The van der Waals surface area contributed by atoms with E-state index in [1.54, 1.807) is 12.4 Å². The van der Waals surface area contributed by atoms with Gasteiger partial charge in [-0.2, -0.15) is 0 Å². The lowest BCUT2D eigenvalue weighted by Gasteiger charge is -2.22. The van der Waals surface area contributed by atoms with Crippen LogP contribution in [0, 0.1) is 0 Å². The average molecular weight is 487 g/mol. The number of aliphatic imine (C=N–C) groups is 1. The van der Waals surface area contributed by atoms with Crippen molar-refractivity contribution in [3.63, 3.8) is 0 Å². The second-order valence-corrected chi connectivity index (χ2v) is 9.42. The van der Waals surface area contributed by atoms with E-state index in [1.807, 2.05) is 19.2 Å². The highest BCUT2D eigenvalue weighted by Gasteiger charge is 2.19. The van der Waals surface area contributed by atoms with E-state index in [1.165, 1.54) is 11.1 Å². The molecule has 36 heavy (non-hydrogen) atoms. The van der Waals surface area contributed by atoms with Crippen molar-refractivity contribution in [3.8, 4) is 0 Å². The first-order valence-corrected chi connectivity index (χ1v) is 13.0. The summed E-state index contributed by atoms with van der Waals surface area (Å²) in [7, 11) is 0. The summed E-state index contributed by atoms with van der Waals surface area (Å²) in [6.07, 6.45) is 18.9. The first-order valence-electron chi connectivity index (χ1n) is 13.0. The predicted octanol–water partition coefficient (Wildman–Crippen LogP) is 5.50. The molecule has 0 amide bonds. The Bertz CT molecular complexity index is 1140. The molecule has 2 aromatic heterocycles. The number of hydrogen-bond donors (Lipinski definition) is 2. The zero-order valence-corrected chi connectivity index (χ0v) is 21.7. The Labute approximate surface area is 214 Å². The number of aryl methyl sites for hydroxylation is 1. The number of nitrogens with zero attached hydrogens (tertiary/aromatic N) is 4. The molecule has 0 aromatic carbocycles. The first kappa shape index (κ1) is 25.6. The summed E-state index contributed by atoms with van der Waals surface area (Å²) in [5.74, 6) is 2.87. The third-order valence-electron chi connectivity index (χ3n) is 6.60. The number of anilines is 1. The fourth-order valence-electron chi connectivity index (χ4n) is 4.55. The summed E-state index contributed by atoms with van der Waals surface area (Å²) < 4.78 is 6.19.